The van der Waals surface area contributed by atoms with Crippen LogP contribution >= 0.6 is 0 Å². The van der Waals surface area contributed by atoms with Crippen molar-refractivity contribution >= 4 is 22.5 Å². The number of hydrogen-bond donors (Lipinski definition) is 0. The van der Waals surface area contributed by atoms with E-state index in [2.05, 4.69) is 136 Å². The molecule has 4 aromatic carbocycles. The standard InChI is InChI=1S/C42H43NO/c1-5-16-30(17-6-2)42(31-22-24-32(25-23-31)43(3)4)29-26-36-39-38(33-18-10-11-19-34(33)40(36)44-42)35-20-12-13-21-37(35)41(39)27-14-8-7-9-15-28-41/h5-6,10-13,16-26,29H,1,7-9,14-15,27-28H2,2-4H3/b17-6-,30-16+. The van der Waals surface area contributed by atoms with E-state index in [0.29, 0.717) is 0 Å². The Hall–Kier alpha value is -4.30. The van der Waals surface area contributed by atoms with Gasteiger partial charge in [-0.15, -0.1) is 0 Å². The van der Waals surface area contributed by atoms with Gasteiger partial charge in [0.15, 0.2) is 5.60 Å². The summed E-state index contributed by atoms with van der Waals surface area (Å²) in [6.07, 6.45) is 21.8. The molecular formula is C42H43NO. The second kappa shape index (κ2) is 11.3. The lowest BCUT2D eigenvalue weighted by molar-refractivity contribution is 0.162. The van der Waals surface area contributed by atoms with Gasteiger partial charge < -0.3 is 9.64 Å². The van der Waals surface area contributed by atoms with Gasteiger partial charge in [0, 0.05) is 47.3 Å². The Morgan fingerprint density at radius 2 is 1.52 bits per heavy atom. The van der Waals surface area contributed by atoms with Crippen molar-refractivity contribution in [1.29, 1.82) is 0 Å². The van der Waals surface area contributed by atoms with Gasteiger partial charge in [-0.2, -0.15) is 0 Å². The lowest BCUT2D eigenvalue weighted by Crippen LogP contribution is -2.36. The molecule has 1 atom stereocenters. The molecule has 0 radical (unpaired) electrons. The van der Waals surface area contributed by atoms with E-state index in [0.717, 1.165) is 22.6 Å². The summed E-state index contributed by atoms with van der Waals surface area (Å²) in [5.41, 5.74) is 9.62. The van der Waals surface area contributed by atoms with E-state index in [4.69, 9.17) is 4.74 Å². The van der Waals surface area contributed by atoms with E-state index in [1.807, 2.05) is 6.08 Å². The average Bonchev–Trinajstić information content (AvgIpc) is 3.33. The van der Waals surface area contributed by atoms with Crippen molar-refractivity contribution in [2.75, 3.05) is 19.0 Å². The zero-order valence-corrected chi connectivity index (χ0v) is 26.4. The van der Waals surface area contributed by atoms with Crippen LogP contribution in [0.2, 0.25) is 0 Å². The first-order valence-electron chi connectivity index (χ1n) is 16.3. The van der Waals surface area contributed by atoms with Gasteiger partial charge in [0.05, 0.1) is 0 Å². The van der Waals surface area contributed by atoms with E-state index < -0.39 is 5.60 Å². The van der Waals surface area contributed by atoms with Crippen LogP contribution in [0.3, 0.4) is 0 Å². The van der Waals surface area contributed by atoms with Crippen LogP contribution in [-0.2, 0) is 11.0 Å². The number of ether oxygens (including phenoxy) is 1. The molecule has 4 aromatic rings. The third-order valence-electron chi connectivity index (χ3n) is 10.2. The molecule has 0 saturated heterocycles. The SMILES string of the molecule is C=C/C=C(\C=C/C)C1(c2ccc(N(C)C)cc2)C=Cc2c3c(c4ccccc4c2O1)-c1ccccc1C31CCCCCCC1. The minimum atomic E-state index is -0.797. The maximum absolute atomic E-state index is 7.53. The second-order valence-electron chi connectivity index (χ2n) is 12.9. The number of allylic oxidation sites excluding steroid dienone is 3. The average molecular weight is 578 g/mol. The fourth-order valence-electron chi connectivity index (χ4n) is 8.24. The quantitative estimate of drug-likeness (QED) is 0.219. The van der Waals surface area contributed by atoms with Gasteiger partial charge in [-0.25, -0.2) is 0 Å². The molecule has 0 aromatic heterocycles. The topological polar surface area (TPSA) is 12.5 Å². The monoisotopic (exact) mass is 577 g/mol. The minimum Gasteiger partial charge on any atom is -0.472 e. The van der Waals surface area contributed by atoms with Gasteiger partial charge in [-0.1, -0.05) is 130 Å². The molecular weight excluding hydrogens is 534 g/mol. The normalized spacial score (nSPS) is 20.5. The summed E-state index contributed by atoms with van der Waals surface area (Å²) in [6, 6.07) is 27.0. The van der Waals surface area contributed by atoms with Crippen molar-refractivity contribution in [2.45, 2.75) is 62.9 Å². The Labute approximate surface area is 263 Å². The Bertz CT molecular complexity index is 1810. The van der Waals surface area contributed by atoms with Crippen molar-refractivity contribution in [3.05, 3.63) is 138 Å². The summed E-state index contributed by atoms with van der Waals surface area (Å²) in [5, 5.41) is 2.47. The number of benzene rings is 4. The second-order valence-corrected chi connectivity index (χ2v) is 12.9. The van der Waals surface area contributed by atoms with Crippen LogP contribution in [0.15, 0.2) is 115 Å². The van der Waals surface area contributed by atoms with Crippen LogP contribution in [0.1, 0.15) is 74.1 Å². The Balaban J connectivity index is 1.54. The van der Waals surface area contributed by atoms with E-state index in [1.165, 1.54) is 83.5 Å². The molecule has 2 nitrogen and oxygen atoms in total. The fourth-order valence-corrected chi connectivity index (χ4v) is 8.24. The van der Waals surface area contributed by atoms with Gasteiger partial charge in [0.25, 0.3) is 0 Å². The number of fused-ring (bicyclic) bond motifs is 10. The maximum atomic E-state index is 7.53. The van der Waals surface area contributed by atoms with Gasteiger partial charge in [0.2, 0.25) is 0 Å². The zero-order valence-electron chi connectivity index (χ0n) is 26.4. The largest absolute Gasteiger partial charge is 0.472 e. The molecule has 0 bridgehead atoms. The van der Waals surface area contributed by atoms with Crippen molar-refractivity contribution in [3.63, 3.8) is 0 Å². The van der Waals surface area contributed by atoms with Gasteiger partial charge in [-0.3, -0.25) is 0 Å². The Morgan fingerprint density at radius 1 is 0.841 bits per heavy atom. The van der Waals surface area contributed by atoms with Crippen LogP contribution in [0.4, 0.5) is 5.69 Å². The summed E-state index contributed by atoms with van der Waals surface area (Å²) >= 11 is 0. The van der Waals surface area contributed by atoms with Crippen LogP contribution < -0.4 is 9.64 Å². The first-order valence-corrected chi connectivity index (χ1v) is 16.3. The third-order valence-corrected chi connectivity index (χ3v) is 10.2. The highest BCUT2D eigenvalue weighted by atomic mass is 16.5. The summed E-state index contributed by atoms with van der Waals surface area (Å²) in [4.78, 5) is 2.14. The molecule has 1 heterocycles. The number of hydrogen-bond acceptors (Lipinski definition) is 2. The van der Waals surface area contributed by atoms with Crippen molar-refractivity contribution < 1.29 is 4.74 Å². The van der Waals surface area contributed by atoms with Crippen LogP contribution in [0.25, 0.3) is 28.0 Å². The lowest BCUT2D eigenvalue weighted by atomic mass is 9.67. The predicted octanol–water partition coefficient (Wildman–Crippen LogP) is 10.9. The number of rotatable bonds is 5. The predicted molar refractivity (Wildman–Crippen MR) is 188 cm³/mol. The molecule has 7 rings (SSSR count). The molecule has 1 unspecified atom stereocenters. The van der Waals surface area contributed by atoms with E-state index >= 15 is 0 Å². The van der Waals surface area contributed by atoms with Crippen LogP contribution in [0, 0.1) is 0 Å². The van der Waals surface area contributed by atoms with E-state index in [1.54, 1.807) is 0 Å². The highest BCUT2D eigenvalue weighted by Gasteiger charge is 2.48. The summed E-state index contributed by atoms with van der Waals surface area (Å²) in [6.45, 7) is 6.15. The number of nitrogens with zero attached hydrogens (tertiary/aromatic N) is 1. The molecule has 2 aliphatic carbocycles. The molecule has 0 amide bonds. The first kappa shape index (κ1) is 28.5. The molecule has 1 aliphatic heterocycles. The van der Waals surface area contributed by atoms with Gasteiger partial charge in [0.1, 0.15) is 5.75 Å². The fraction of sp³-hybridized carbons (Fsp3) is 0.286. The Kier molecular flexibility index (Phi) is 7.33. The molecule has 1 fully saturated rings. The highest BCUT2D eigenvalue weighted by Crippen LogP contribution is 2.61. The maximum Gasteiger partial charge on any atom is 0.178 e. The summed E-state index contributed by atoms with van der Waals surface area (Å²) in [5.74, 6) is 0.993. The molecule has 0 N–H and O–H groups in total. The summed E-state index contributed by atoms with van der Waals surface area (Å²) < 4.78 is 7.53. The van der Waals surface area contributed by atoms with Crippen LogP contribution in [-0.4, -0.2) is 14.1 Å². The minimum absolute atomic E-state index is 0.00459. The Morgan fingerprint density at radius 3 is 2.23 bits per heavy atom. The lowest BCUT2D eigenvalue weighted by Gasteiger charge is -2.40. The first-order chi connectivity index (χ1) is 21.5. The van der Waals surface area contributed by atoms with Gasteiger partial charge in [-0.05, 0) is 65.6 Å². The zero-order chi connectivity index (χ0) is 30.3. The van der Waals surface area contributed by atoms with Gasteiger partial charge >= 0.3 is 0 Å². The third kappa shape index (κ3) is 4.30. The molecule has 3 aliphatic rings. The number of anilines is 1. The highest BCUT2D eigenvalue weighted by molar-refractivity contribution is 6.08. The molecule has 1 saturated carbocycles. The van der Waals surface area contributed by atoms with Crippen molar-refractivity contribution in [3.8, 4) is 16.9 Å². The molecule has 1 spiro atoms. The van der Waals surface area contributed by atoms with E-state index in [-0.39, 0.29) is 5.41 Å². The molecule has 2 heteroatoms. The van der Waals surface area contributed by atoms with Crippen LogP contribution in [0.5, 0.6) is 5.75 Å². The molecule has 222 valence electrons. The summed E-state index contributed by atoms with van der Waals surface area (Å²) in [7, 11) is 4.16. The van der Waals surface area contributed by atoms with Crippen molar-refractivity contribution in [1.82, 2.24) is 0 Å². The molecule has 44 heavy (non-hydrogen) atoms. The van der Waals surface area contributed by atoms with Crippen molar-refractivity contribution in [2.24, 2.45) is 0 Å². The smallest absolute Gasteiger partial charge is 0.178 e. The van der Waals surface area contributed by atoms with E-state index in [9.17, 15) is 0 Å².